The van der Waals surface area contributed by atoms with Gasteiger partial charge in [0.05, 0.1) is 0 Å². The number of carbonyl (C=O) groups excluding carboxylic acids is 1. The molecule has 1 atom stereocenters. The van der Waals surface area contributed by atoms with Crippen molar-refractivity contribution in [2.75, 3.05) is 5.32 Å². The van der Waals surface area contributed by atoms with Crippen LogP contribution >= 0.6 is 15.9 Å². The molecule has 2 aromatic carbocycles. The Morgan fingerprint density at radius 1 is 1.14 bits per heavy atom. The van der Waals surface area contributed by atoms with E-state index in [4.69, 9.17) is 4.74 Å². The van der Waals surface area contributed by atoms with Crippen molar-refractivity contribution in [1.82, 2.24) is 0 Å². The number of benzene rings is 2. The van der Waals surface area contributed by atoms with Crippen LogP contribution in [0.2, 0.25) is 0 Å². The Balaban J connectivity index is 1.98. The van der Waals surface area contributed by atoms with Crippen LogP contribution in [0.25, 0.3) is 0 Å². The van der Waals surface area contributed by atoms with Crippen LogP contribution in [-0.2, 0) is 4.79 Å². The van der Waals surface area contributed by atoms with Crippen molar-refractivity contribution >= 4 is 27.5 Å². The van der Waals surface area contributed by atoms with Gasteiger partial charge in [-0.1, -0.05) is 15.9 Å². The van der Waals surface area contributed by atoms with Gasteiger partial charge in [-0.05, 0) is 43.3 Å². The fourth-order valence-electron chi connectivity index (χ4n) is 1.58. The molecule has 0 fully saturated rings. The summed E-state index contributed by atoms with van der Waals surface area (Å²) < 4.78 is 32.0. The van der Waals surface area contributed by atoms with Crippen LogP contribution in [0.5, 0.6) is 5.75 Å². The van der Waals surface area contributed by atoms with E-state index >= 15 is 0 Å². The Hall–Kier alpha value is -1.95. The Bertz CT molecular complexity index is 647. The molecule has 110 valence electrons. The Kier molecular flexibility index (Phi) is 4.90. The van der Waals surface area contributed by atoms with Gasteiger partial charge in [-0.15, -0.1) is 0 Å². The molecule has 0 radical (unpaired) electrons. The van der Waals surface area contributed by atoms with Crippen LogP contribution in [0.1, 0.15) is 6.92 Å². The standard InChI is InChI=1S/C15H12BrF2NO2/c1-9(21-12-6-7-13(17)14(18)8-12)15(20)19-11-4-2-10(16)3-5-11/h2-9H,1H3,(H,19,20). The summed E-state index contributed by atoms with van der Waals surface area (Å²) in [6.07, 6.45) is -0.849. The zero-order valence-electron chi connectivity index (χ0n) is 11.1. The monoisotopic (exact) mass is 355 g/mol. The Morgan fingerprint density at radius 3 is 2.43 bits per heavy atom. The third-order valence-corrected chi connectivity index (χ3v) is 3.21. The molecule has 1 amide bonds. The number of anilines is 1. The Labute approximate surface area is 129 Å². The summed E-state index contributed by atoms with van der Waals surface area (Å²) in [5, 5.41) is 2.66. The summed E-state index contributed by atoms with van der Waals surface area (Å²) in [6.45, 7) is 1.52. The molecule has 0 aliphatic heterocycles. The largest absolute Gasteiger partial charge is 0.481 e. The van der Waals surface area contributed by atoms with E-state index in [1.54, 1.807) is 24.3 Å². The number of amides is 1. The fourth-order valence-corrected chi connectivity index (χ4v) is 1.85. The maximum atomic E-state index is 13.1. The Morgan fingerprint density at radius 2 is 1.81 bits per heavy atom. The highest BCUT2D eigenvalue weighted by molar-refractivity contribution is 9.10. The number of ether oxygens (including phenoxy) is 1. The molecule has 1 N–H and O–H groups in total. The first-order valence-corrected chi connectivity index (χ1v) is 6.93. The minimum atomic E-state index is -1.02. The first kappa shape index (κ1) is 15.4. The van der Waals surface area contributed by atoms with E-state index < -0.39 is 17.7 Å². The molecule has 21 heavy (non-hydrogen) atoms. The van der Waals surface area contributed by atoms with E-state index in [-0.39, 0.29) is 11.7 Å². The molecule has 0 saturated carbocycles. The average Bonchev–Trinajstić information content (AvgIpc) is 2.45. The highest BCUT2D eigenvalue weighted by Crippen LogP contribution is 2.18. The van der Waals surface area contributed by atoms with Crippen LogP contribution in [0, 0.1) is 11.6 Å². The van der Waals surface area contributed by atoms with Crippen molar-refractivity contribution in [3.05, 3.63) is 58.6 Å². The van der Waals surface area contributed by atoms with Crippen LogP contribution in [0.15, 0.2) is 46.9 Å². The highest BCUT2D eigenvalue weighted by atomic mass is 79.9. The molecule has 0 bridgehead atoms. The number of hydrogen-bond donors (Lipinski definition) is 1. The van der Waals surface area contributed by atoms with Gasteiger partial charge in [0.1, 0.15) is 5.75 Å². The van der Waals surface area contributed by atoms with Crippen LogP contribution in [0.4, 0.5) is 14.5 Å². The lowest BCUT2D eigenvalue weighted by Gasteiger charge is -2.15. The molecule has 0 aromatic heterocycles. The summed E-state index contributed by atoms with van der Waals surface area (Å²) >= 11 is 3.29. The quantitative estimate of drug-likeness (QED) is 0.895. The van der Waals surface area contributed by atoms with Gasteiger partial charge in [-0.25, -0.2) is 8.78 Å². The van der Waals surface area contributed by atoms with E-state index in [1.165, 1.54) is 13.0 Å². The lowest BCUT2D eigenvalue weighted by atomic mass is 10.3. The smallest absolute Gasteiger partial charge is 0.265 e. The summed E-state index contributed by atoms with van der Waals surface area (Å²) in [5.41, 5.74) is 0.615. The molecule has 2 aromatic rings. The van der Waals surface area contributed by atoms with Crippen LogP contribution in [-0.4, -0.2) is 12.0 Å². The maximum Gasteiger partial charge on any atom is 0.265 e. The van der Waals surface area contributed by atoms with Gasteiger partial charge in [0, 0.05) is 16.2 Å². The molecule has 6 heteroatoms. The minimum absolute atomic E-state index is 0.0901. The van der Waals surface area contributed by atoms with E-state index in [0.717, 1.165) is 16.6 Å². The number of rotatable bonds is 4. The molecule has 0 aliphatic carbocycles. The first-order valence-electron chi connectivity index (χ1n) is 6.14. The third-order valence-electron chi connectivity index (χ3n) is 2.68. The number of nitrogens with one attached hydrogen (secondary N) is 1. The number of hydrogen-bond acceptors (Lipinski definition) is 2. The second kappa shape index (κ2) is 6.67. The molecule has 0 aliphatic rings. The van der Waals surface area contributed by atoms with E-state index in [1.807, 2.05) is 0 Å². The van der Waals surface area contributed by atoms with Crippen molar-refractivity contribution in [3.8, 4) is 5.75 Å². The predicted molar refractivity (Wildman–Crippen MR) is 79.2 cm³/mol. The molecule has 0 heterocycles. The maximum absolute atomic E-state index is 13.1. The number of carbonyl (C=O) groups is 1. The third kappa shape index (κ3) is 4.26. The molecular formula is C15H12BrF2NO2. The van der Waals surface area contributed by atoms with Crippen molar-refractivity contribution in [3.63, 3.8) is 0 Å². The molecule has 3 nitrogen and oxygen atoms in total. The van der Waals surface area contributed by atoms with Gasteiger partial charge in [0.2, 0.25) is 0 Å². The molecule has 1 unspecified atom stereocenters. The summed E-state index contributed by atoms with van der Waals surface area (Å²) in [6, 6.07) is 10.1. The van der Waals surface area contributed by atoms with Crippen LogP contribution in [0.3, 0.4) is 0 Å². The number of halogens is 3. The lowest BCUT2D eigenvalue weighted by Crippen LogP contribution is -2.30. The second-order valence-electron chi connectivity index (χ2n) is 4.33. The van der Waals surface area contributed by atoms with Crippen molar-refractivity contribution in [1.29, 1.82) is 0 Å². The van der Waals surface area contributed by atoms with E-state index in [2.05, 4.69) is 21.2 Å². The SMILES string of the molecule is CC(Oc1ccc(F)c(F)c1)C(=O)Nc1ccc(Br)cc1. The van der Waals surface area contributed by atoms with E-state index in [0.29, 0.717) is 5.69 Å². The topological polar surface area (TPSA) is 38.3 Å². The predicted octanol–water partition coefficient (Wildman–Crippen LogP) is 4.13. The zero-order chi connectivity index (χ0) is 15.4. The normalized spacial score (nSPS) is 11.8. The first-order chi connectivity index (χ1) is 9.95. The van der Waals surface area contributed by atoms with Gasteiger partial charge >= 0.3 is 0 Å². The molecular weight excluding hydrogens is 344 g/mol. The van der Waals surface area contributed by atoms with E-state index in [9.17, 15) is 13.6 Å². The van der Waals surface area contributed by atoms with Crippen molar-refractivity contribution < 1.29 is 18.3 Å². The van der Waals surface area contributed by atoms with Gasteiger partial charge in [0.15, 0.2) is 17.7 Å². The van der Waals surface area contributed by atoms with Crippen molar-refractivity contribution in [2.45, 2.75) is 13.0 Å². The van der Waals surface area contributed by atoms with Crippen molar-refractivity contribution in [2.24, 2.45) is 0 Å². The molecule has 0 spiro atoms. The fraction of sp³-hybridized carbons (Fsp3) is 0.133. The second-order valence-corrected chi connectivity index (χ2v) is 5.25. The average molecular weight is 356 g/mol. The molecule has 0 saturated heterocycles. The summed E-state index contributed by atoms with van der Waals surface area (Å²) in [4.78, 5) is 11.9. The van der Waals surface area contributed by atoms with Gasteiger partial charge in [-0.3, -0.25) is 4.79 Å². The van der Waals surface area contributed by atoms with Gasteiger partial charge in [0.25, 0.3) is 5.91 Å². The minimum Gasteiger partial charge on any atom is -0.481 e. The summed E-state index contributed by atoms with van der Waals surface area (Å²) in [7, 11) is 0. The zero-order valence-corrected chi connectivity index (χ0v) is 12.7. The highest BCUT2D eigenvalue weighted by Gasteiger charge is 2.15. The summed E-state index contributed by atoms with van der Waals surface area (Å²) in [5.74, 6) is -2.28. The van der Waals surface area contributed by atoms with Gasteiger partial charge < -0.3 is 10.1 Å². The van der Waals surface area contributed by atoms with Crippen LogP contribution < -0.4 is 10.1 Å². The lowest BCUT2D eigenvalue weighted by molar-refractivity contribution is -0.122. The van der Waals surface area contributed by atoms with Gasteiger partial charge in [-0.2, -0.15) is 0 Å². The molecule has 2 rings (SSSR count).